The van der Waals surface area contributed by atoms with Gasteiger partial charge in [0.05, 0.1) is 21.1 Å². The normalized spacial score (nSPS) is 12.5. The smallest absolute Gasteiger partial charge is 0.142 e. The van der Waals surface area contributed by atoms with Gasteiger partial charge in [0, 0.05) is 0 Å². The summed E-state index contributed by atoms with van der Waals surface area (Å²) in [5.74, 6) is -0.461. The molecular formula is C14H11Cl3FN. The number of rotatable bonds is 3. The summed E-state index contributed by atoms with van der Waals surface area (Å²) in [6, 6.07) is 9.68. The molecule has 0 aliphatic rings. The van der Waals surface area contributed by atoms with Gasteiger partial charge in [0.15, 0.2) is 0 Å². The van der Waals surface area contributed by atoms with Crippen molar-refractivity contribution in [2.24, 2.45) is 0 Å². The molecule has 0 radical (unpaired) electrons. The molecule has 2 aromatic rings. The second kappa shape index (κ2) is 6.10. The molecule has 0 spiro atoms. The molecule has 2 rings (SSSR count). The van der Waals surface area contributed by atoms with Gasteiger partial charge in [0.2, 0.25) is 0 Å². The molecule has 1 nitrogen and oxygen atoms in total. The second-order valence-electron chi connectivity index (χ2n) is 4.01. The predicted molar refractivity (Wildman–Crippen MR) is 78.8 cm³/mol. The first-order valence-corrected chi connectivity index (χ1v) is 6.74. The van der Waals surface area contributed by atoms with Crippen LogP contribution in [-0.4, -0.2) is 7.05 Å². The summed E-state index contributed by atoms with van der Waals surface area (Å²) in [7, 11) is 1.75. The van der Waals surface area contributed by atoms with Crippen molar-refractivity contribution in [1.82, 2.24) is 5.32 Å². The van der Waals surface area contributed by atoms with E-state index in [4.69, 9.17) is 34.8 Å². The lowest BCUT2D eigenvalue weighted by atomic mass is 9.98. The molecule has 0 heterocycles. The Hall–Kier alpha value is -0.800. The Bertz CT molecular complexity index is 550. The Balaban J connectivity index is 2.57. The highest BCUT2D eigenvalue weighted by molar-refractivity contribution is 6.42. The van der Waals surface area contributed by atoms with E-state index in [-0.39, 0.29) is 11.1 Å². The average molecular weight is 319 g/mol. The zero-order valence-electron chi connectivity index (χ0n) is 10.1. The molecule has 2 aromatic carbocycles. The van der Waals surface area contributed by atoms with Crippen LogP contribution in [0.25, 0.3) is 0 Å². The van der Waals surface area contributed by atoms with Crippen LogP contribution in [0.15, 0.2) is 36.4 Å². The van der Waals surface area contributed by atoms with Gasteiger partial charge in [-0.25, -0.2) is 4.39 Å². The zero-order valence-corrected chi connectivity index (χ0v) is 12.3. The molecule has 5 heteroatoms. The van der Waals surface area contributed by atoms with E-state index in [1.807, 2.05) is 6.07 Å². The lowest BCUT2D eigenvalue weighted by molar-refractivity contribution is 0.617. The van der Waals surface area contributed by atoms with Crippen LogP contribution in [-0.2, 0) is 0 Å². The average Bonchev–Trinajstić information content (AvgIpc) is 2.40. The van der Waals surface area contributed by atoms with Crippen LogP contribution in [0.5, 0.6) is 0 Å². The van der Waals surface area contributed by atoms with Crippen molar-refractivity contribution in [2.45, 2.75) is 6.04 Å². The van der Waals surface area contributed by atoms with E-state index < -0.39 is 5.82 Å². The minimum atomic E-state index is -0.461. The van der Waals surface area contributed by atoms with E-state index in [1.54, 1.807) is 31.3 Å². The van der Waals surface area contributed by atoms with Crippen molar-refractivity contribution in [3.05, 3.63) is 68.4 Å². The SMILES string of the molecule is CNC(c1cccc(F)c1Cl)c1cccc(Cl)c1Cl. The standard InChI is InChI=1S/C14H11Cl3FN/c1-19-14(8-4-2-6-10(15)12(8)16)9-5-3-7-11(18)13(9)17/h2-7,14,19H,1H3. The van der Waals surface area contributed by atoms with Crippen molar-refractivity contribution in [3.63, 3.8) is 0 Å². The maximum Gasteiger partial charge on any atom is 0.142 e. The van der Waals surface area contributed by atoms with Crippen LogP contribution in [0.4, 0.5) is 4.39 Å². The highest BCUT2D eigenvalue weighted by Crippen LogP contribution is 2.36. The van der Waals surface area contributed by atoms with E-state index >= 15 is 0 Å². The fourth-order valence-electron chi connectivity index (χ4n) is 1.97. The number of halogens is 4. The Morgan fingerprint density at radius 1 is 0.947 bits per heavy atom. The molecule has 100 valence electrons. The van der Waals surface area contributed by atoms with Gasteiger partial charge in [0.25, 0.3) is 0 Å². The van der Waals surface area contributed by atoms with E-state index in [1.165, 1.54) is 6.07 Å². The summed E-state index contributed by atoms with van der Waals surface area (Å²) in [5, 5.41) is 4.04. The van der Waals surface area contributed by atoms with Crippen molar-refractivity contribution in [1.29, 1.82) is 0 Å². The molecule has 19 heavy (non-hydrogen) atoms. The van der Waals surface area contributed by atoms with Gasteiger partial charge < -0.3 is 5.32 Å². The van der Waals surface area contributed by atoms with Crippen molar-refractivity contribution >= 4 is 34.8 Å². The first-order chi connectivity index (χ1) is 9.06. The third kappa shape index (κ3) is 2.87. The molecule has 1 N–H and O–H groups in total. The largest absolute Gasteiger partial charge is 0.309 e. The topological polar surface area (TPSA) is 12.0 Å². The van der Waals surface area contributed by atoms with Crippen molar-refractivity contribution in [3.8, 4) is 0 Å². The quantitative estimate of drug-likeness (QED) is 0.830. The van der Waals surface area contributed by atoms with Crippen molar-refractivity contribution < 1.29 is 4.39 Å². The van der Waals surface area contributed by atoms with Gasteiger partial charge in [0.1, 0.15) is 5.82 Å². The van der Waals surface area contributed by atoms with Gasteiger partial charge in [-0.15, -0.1) is 0 Å². The zero-order chi connectivity index (χ0) is 14.0. The number of hydrogen-bond donors (Lipinski definition) is 1. The van der Waals surface area contributed by atoms with Crippen LogP contribution >= 0.6 is 34.8 Å². The van der Waals surface area contributed by atoms with Gasteiger partial charge in [-0.1, -0.05) is 59.1 Å². The number of hydrogen-bond acceptors (Lipinski definition) is 1. The second-order valence-corrected chi connectivity index (χ2v) is 5.17. The third-order valence-corrected chi connectivity index (χ3v) is 4.11. The lowest BCUT2D eigenvalue weighted by Gasteiger charge is -2.20. The highest BCUT2D eigenvalue weighted by atomic mass is 35.5. The molecule has 0 aromatic heterocycles. The fourth-order valence-corrected chi connectivity index (χ4v) is 2.62. The molecular weight excluding hydrogens is 308 g/mol. The summed E-state index contributed by atoms with van der Waals surface area (Å²) in [6.45, 7) is 0. The van der Waals surface area contributed by atoms with Crippen molar-refractivity contribution in [2.75, 3.05) is 7.05 Å². The number of nitrogens with one attached hydrogen (secondary N) is 1. The van der Waals surface area contributed by atoms with Crippen LogP contribution in [0.1, 0.15) is 17.2 Å². The molecule has 0 bridgehead atoms. The minimum absolute atomic E-state index is 0.0814. The first-order valence-electron chi connectivity index (χ1n) is 5.61. The Morgan fingerprint density at radius 2 is 1.53 bits per heavy atom. The van der Waals surface area contributed by atoms with Crippen LogP contribution in [0.3, 0.4) is 0 Å². The van der Waals surface area contributed by atoms with Crippen LogP contribution < -0.4 is 5.32 Å². The molecule has 0 fully saturated rings. The molecule has 0 saturated carbocycles. The van der Waals surface area contributed by atoms with E-state index in [2.05, 4.69) is 5.32 Å². The maximum absolute atomic E-state index is 13.6. The summed E-state index contributed by atoms with van der Waals surface area (Å²) in [5.41, 5.74) is 1.37. The molecule has 1 atom stereocenters. The van der Waals surface area contributed by atoms with Crippen LogP contribution in [0, 0.1) is 5.82 Å². The van der Waals surface area contributed by atoms with Crippen LogP contribution in [0.2, 0.25) is 15.1 Å². The summed E-state index contributed by atoms with van der Waals surface area (Å²) < 4.78 is 13.6. The Morgan fingerprint density at radius 3 is 2.16 bits per heavy atom. The molecule has 0 aliphatic carbocycles. The maximum atomic E-state index is 13.6. The summed E-state index contributed by atoms with van der Waals surface area (Å²) in [6.07, 6.45) is 0. The minimum Gasteiger partial charge on any atom is -0.309 e. The van der Waals surface area contributed by atoms with Gasteiger partial charge in [-0.2, -0.15) is 0 Å². The van der Waals surface area contributed by atoms with Gasteiger partial charge in [-0.05, 0) is 30.3 Å². The molecule has 0 saturated heterocycles. The fraction of sp³-hybridized carbons (Fsp3) is 0.143. The Labute approximate surface area is 126 Å². The molecule has 0 amide bonds. The summed E-state index contributed by atoms with van der Waals surface area (Å²) in [4.78, 5) is 0. The number of benzene rings is 2. The monoisotopic (exact) mass is 317 g/mol. The predicted octanol–water partition coefficient (Wildman–Crippen LogP) is 5.09. The highest BCUT2D eigenvalue weighted by Gasteiger charge is 2.20. The molecule has 0 aliphatic heterocycles. The first kappa shape index (κ1) is 14.6. The molecule has 1 unspecified atom stereocenters. The van der Waals surface area contributed by atoms with Gasteiger partial charge in [-0.3, -0.25) is 0 Å². The summed E-state index contributed by atoms with van der Waals surface area (Å²) >= 11 is 18.2. The van der Waals surface area contributed by atoms with E-state index in [9.17, 15) is 4.39 Å². The lowest BCUT2D eigenvalue weighted by Crippen LogP contribution is -2.18. The Kier molecular flexibility index (Phi) is 4.69. The third-order valence-electron chi connectivity index (χ3n) is 2.87. The van der Waals surface area contributed by atoms with Gasteiger partial charge >= 0.3 is 0 Å². The van der Waals surface area contributed by atoms with E-state index in [0.717, 1.165) is 5.56 Å². The van der Waals surface area contributed by atoms with E-state index in [0.29, 0.717) is 15.6 Å².